The van der Waals surface area contributed by atoms with E-state index in [-0.39, 0.29) is 17.4 Å². The lowest BCUT2D eigenvalue weighted by Crippen LogP contribution is -2.40. The molecule has 4 N–H and O–H groups in total. The monoisotopic (exact) mass is 309 g/mol. The fourth-order valence-electron chi connectivity index (χ4n) is 2.86. The summed E-state index contributed by atoms with van der Waals surface area (Å²) >= 11 is 0. The molecular formula is C14H19N3O3S. The first kappa shape index (κ1) is 14.4. The Hall–Kier alpha value is -1.57. The van der Waals surface area contributed by atoms with Gasteiger partial charge in [-0.2, -0.15) is 4.31 Å². The topological polar surface area (TPSA) is 99.4 Å². The summed E-state index contributed by atoms with van der Waals surface area (Å²) in [6, 6.07) is 5.14. The zero-order chi connectivity index (χ0) is 15.0. The largest absolute Gasteiger partial charge is 0.399 e. The summed E-state index contributed by atoms with van der Waals surface area (Å²) in [6.07, 6.45) is 3.16. The maximum absolute atomic E-state index is 12.8. The van der Waals surface area contributed by atoms with Gasteiger partial charge >= 0.3 is 0 Å². The second-order valence-corrected chi connectivity index (χ2v) is 7.42. The number of fused-ring (bicyclic) bond motifs is 1. The van der Waals surface area contributed by atoms with E-state index < -0.39 is 10.0 Å². The van der Waals surface area contributed by atoms with Crippen molar-refractivity contribution in [3.8, 4) is 0 Å². The molecule has 7 heteroatoms. The third-order valence-corrected chi connectivity index (χ3v) is 5.93. The smallest absolute Gasteiger partial charge is 0.245 e. The van der Waals surface area contributed by atoms with Crippen LogP contribution >= 0.6 is 0 Å². The van der Waals surface area contributed by atoms with Crippen molar-refractivity contribution < 1.29 is 13.5 Å². The number of nitrogen functional groups attached to an aromatic ring is 1. The van der Waals surface area contributed by atoms with E-state index in [0.29, 0.717) is 29.7 Å². The summed E-state index contributed by atoms with van der Waals surface area (Å²) in [5, 5.41) is 9.91. The van der Waals surface area contributed by atoms with Crippen molar-refractivity contribution in [3.63, 3.8) is 0 Å². The quantitative estimate of drug-likeness (QED) is 0.740. The number of rotatable bonds is 3. The molecule has 1 aliphatic rings. The lowest BCUT2D eigenvalue weighted by Gasteiger charge is -2.30. The number of sulfonamides is 1. The molecule has 6 nitrogen and oxygen atoms in total. The number of nitrogens with two attached hydrogens (primary N) is 1. The molecule has 1 aromatic carbocycles. The third-order valence-electron chi connectivity index (χ3n) is 4.03. The average molecular weight is 309 g/mol. The number of piperidine rings is 1. The highest BCUT2D eigenvalue weighted by atomic mass is 32.2. The minimum absolute atomic E-state index is 0.0226. The Balaban J connectivity index is 2.00. The van der Waals surface area contributed by atoms with Crippen LogP contribution in [-0.2, 0) is 10.0 Å². The number of aliphatic hydroxyl groups excluding tert-OH is 1. The molecule has 0 spiro atoms. The van der Waals surface area contributed by atoms with Gasteiger partial charge in [-0.15, -0.1) is 0 Å². The minimum Gasteiger partial charge on any atom is -0.399 e. The average Bonchev–Trinajstić information content (AvgIpc) is 2.91. The molecule has 1 aromatic heterocycles. The van der Waals surface area contributed by atoms with Crippen LogP contribution in [0.4, 0.5) is 5.69 Å². The van der Waals surface area contributed by atoms with Crippen molar-refractivity contribution in [2.45, 2.75) is 17.7 Å². The fourth-order valence-corrected chi connectivity index (χ4v) is 4.58. The fraction of sp³-hybridized carbons (Fsp3) is 0.429. The zero-order valence-corrected chi connectivity index (χ0v) is 12.4. The van der Waals surface area contributed by atoms with E-state index >= 15 is 0 Å². The molecule has 1 atom stereocenters. The van der Waals surface area contributed by atoms with E-state index in [9.17, 15) is 13.5 Å². The van der Waals surface area contributed by atoms with Gasteiger partial charge in [-0.05, 0) is 37.0 Å². The van der Waals surface area contributed by atoms with Crippen molar-refractivity contribution in [3.05, 3.63) is 24.4 Å². The summed E-state index contributed by atoms with van der Waals surface area (Å²) in [5.74, 6) is 0.0226. The van der Waals surface area contributed by atoms with Gasteiger partial charge < -0.3 is 15.8 Å². The SMILES string of the molecule is Nc1ccc2c(S(=O)(=O)N3CCCC(CO)C3)c[nH]c2c1. The highest BCUT2D eigenvalue weighted by Gasteiger charge is 2.31. The molecule has 0 aliphatic carbocycles. The molecule has 1 fully saturated rings. The van der Waals surface area contributed by atoms with E-state index in [2.05, 4.69) is 4.98 Å². The van der Waals surface area contributed by atoms with E-state index in [0.717, 1.165) is 12.8 Å². The number of anilines is 1. The molecule has 2 heterocycles. The normalized spacial score (nSPS) is 20.9. The highest BCUT2D eigenvalue weighted by Crippen LogP contribution is 2.29. The van der Waals surface area contributed by atoms with Crippen molar-refractivity contribution in [2.75, 3.05) is 25.4 Å². The van der Waals surface area contributed by atoms with Gasteiger partial charge in [-0.1, -0.05) is 0 Å². The van der Waals surface area contributed by atoms with Crippen LogP contribution in [0.15, 0.2) is 29.3 Å². The van der Waals surface area contributed by atoms with Gasteiger partial charge in [0.05, 0.1) is 0 Å². The standard InChI is InChI=1S/C14H19N3O3S/c15-11-3-4-12-13(6-11)16-7-14(12)21(19,20)17-5-1-2-10(8-17)9-18/h3-4,6-7,10,16,18H,1-2,5,8-9,15H2. The second kappa shape index (κ2) is 5.32. The van der Waals surface area contributed by atoms with Gasteiger partial charge in [0, 0.05) is 42.5 Å². The Morgan fingerprint density at radius 1 is 1.43 bits per heavy atom. The van der Waals surface area contributed by atoms with Gasteiger partial charge in [0.1, 0.15) is 4.90 Å². The number of hydrogen-bond donors (Lipinski definition) is 3. The summed E-state index contributed by atoms with van der Waals surface area (Å²) in [7, 11) is -3.55. The molecule has 114 valence electrons. The van der Waals surface area contributed by atoms with Crippen molar-refractivity contribution in [2.24, 2.45) is 5.92 Å². The van der Waals surface area contributed by atoms with Crippen LogP contribution in [0.1, 0.15) is 12.8 Å². The van der Waals surface area contributed by atoms with Gasteiger partial charge in [-0.25, -0.2) is 8.42 Å². The number of aromatic amines is 1. The van der Waals surface area contributed by atoms with E-state index in [4.69, 9.17) is 5.73 Å². The van der Waals surface area contributed by atoms with Gasteiger partial charge in [0.15, 0.2) is 0 Å². The number of benzene rings is 1. The Morgan fingerprint density at radius 2 is 2.24 bits per heavy atom. The number of nitrogens with one attached hydrogen (secondary N) is 1. The van der Waals surface area contributed by atoms with Gasteiger partial charge in [0.25, 0.3) is 0 Å². The summed E-state index contributed by atoms with van der Waals surface area (Å²) in [5.41, 5.74) is 7.02. The van der Waals surface area contributed by atoms with Crippen molar-refractivity contribution in [1.82, 2.24) is 9.29 Å². The van der Waals surface area contributed by atoms with Crippen molar-refractivity contribution >= 4 is 26.6 Å². The zero-order valence-electron chi connectivity index (χ0n) is 11.6. The van der Waals surface area contributed by atoms with Crippen LogP contribution in [-0.4, -0.2) is 42.5 Å². The number of hydrogen-bond acceptors (Lipinski definition) is 4. The van der Waals surface area contributed by atoms with Gasteiger partial charge in [-0.3, -0.25) is 0 Å². The second-order valence-electron chi connectivity index (χ2n) is 5.51. The van der Waals surface area contributed by atoms with Crippen LogP contribution < -0.4 is 5.73 Å². The molecule has 1 unspecified atom stereocenters. The van der Waals surface area contributed by atoms with Crippen LogP contribution in [0.5, 0.6) is 0 Å². The van der Waals surface area contributed by atoms with Gasteiger partial charge in [0.2, 0.25) is 10.0 Å². The maximum Gasteiger partial charge on any atom is 0.245 e. The molecule has 1 saturated heterocycles. The first-order valence-electron chi connectivity index (χ1n) is 7.00. The number of aliphatic hydroxyl groups is 1. The molecular weight excluding hydrogens is 290 g/mol. The molecule has 21 heavy (non-hydrogen) atoms. The Labute approximate surface area is 123 Å². The molecule has 0 saturated carbocycles. The molecule has 0 amide bonds. The maximum atomic E-state index is 12.8. The predicted molar refractivity (Wildman–Crippen MR) is 81.3 cm³/mol. The van der Waals surface area contributed by atoms with E-state index in [1.54, 1.807) is 18.2 Å². The third kappa shape index (κ3) is 2.52. The number of aromatic nitrogens is 1. The Kier molecular flexibility index (Phi) is 3.64. The highest BCUT2D eigenvalue weighted by molar-refractivity contribution is 7.89. The molecule has 3 rings (SSSR count). The number of nitrogens with zero attached hydrogens (tertiary/aromatic N) is 1. The van der Waals surface area contributed by atoms with Crippen LogP contribution in [0.3, 0.4) is 0 Å². The summed E-state index contributed by atoms with van der Waals surface area (Å²) in [4.78, 5) is 3.24. The van der Waals surface area contributed by atoms with E-state index in [1.807, 2.05) is 0 Å². The lowest BCUT2D eigenvalue weighted by atomic mass is 10.0. The lowest BCUT2D eigenvalue weighted by molar-refractivity contribution is 0.165. The van der Waals surface area contributed by atoms with Crippen LogP contribution in [0.25, 0.3) is 10.9 Å². The van der Waals surface area contributed by atoms with Crippen molar-refractivity contribution in [1.29, 1.82) is 0 Å². The summed E-state index contributed by atoms with van der Waals surface area (Å²) in [6.45, 7) is 0.900. The minimum atomic E-state index is -3.55. The molecule has 0 bridgehead atoms. The van der Waals surface area contributed by atoms with Crippen LogP contribution in [0.2, 0.25) is 0 Å². The molecule has 2 aromatic rings. The molecule has 1 aliphatic heterocycles. The van der Waals surface area contributed by atoms with E-state index in [1.165, 1.54) is 10.5 Å². The molecule has 0 radical (unpaired) electrons. The predicted octanol–water partition coefficient (Wildman–Crippen LogP) is 1.14. The Morgan fingerprint density at radius 3 is 3.00 bits per heavy atom. The number of H-pyrrole nitrogens is 1. The first-order chi connectivity index (χ1) is 10.0. The summed E-state index contributed by atoms with van der Waals surface area (Å²) < 4.78 is 27.1. The van der Waals surface area contributed by atoms with Crippen LogP contribution in [0, 0.1) is 5.92 Å². The Bertz CT molecular complexity index is 754. The first-order valence-corrected chi connectivity index (χ1v) is 8.44.